The van der Waals surface area contributed by atoms with E-state index in [0.717, 1.165) is 12.8 Å². The normalized spacial score (nSPS) is 11.8. The summed E-state index contributed by atoms with van der Waals surface area (Å²) in [5, 5.41) is 8.37. The average molecular weight is 238 g/mol. The van der Waals surface area contributed by atoms with Gasteiger partial charge in [0.2, 0.25) is 0 Å². The molecule has 1 nitrogen and oxygen atoms in total. The minimum Gasteiger partial charge on any atom is -0.396 e. The Balaban J connectivity index is 3.04. The zero-order valence-electron chi connectivity index (χ0n) is 5.26. The van der Waals surface area contributed by atoms with E-state index in [4.69, 9.17) is 5.11 Å². The highest BCUT2D eigenvalue weighted by molar-refractivity contribution is 14.1. The molecule has 0 rings (SSSR count). The first-order valence-electron chi connectivity index (χ1n) is 2.94. The summed E-state index contributed by atoms with van der Waals surface area (Å²) < 4.78 is 1.95. The van der Waals surface area contributed by atoms with Crippen LogP contribution in [0.5, 0.6) is 0 Å². The lowest BCUT2D eigenvalue weighted by Crippen LogP contribution is -1.77. The molecule has 0 aromatic heterocycles. The van der Waals surface area contributed by atoms with Crippen molar-refractivity contribution >= 4 is 22.6 Å². The number of aliphatic hydroxyl groups excluding tert-OH is 1. The van der Waals surface area contributed by atoms with Crippen LogP contribution in [0.15, 0.2) is 22.3 Å². The van der Waals surface area contributed by atoms with Crippen LogP contribution in [0.1, 0.15) is 12.8 Å². The van der Waals surface area contributed by atoms with Gasteiger partial charge in [0, 0.05) is 6.61 Å². The summed E-state index contributed by atoms with van der Waals surface area (Å²) in [5.74, 6) is 0. The smallest absolute Gasteiger partial charge is 0.0433 e. The molecule has 0 bridgehead atoms. The van der Waals surface area contributed by atoms with Crippen LogP contribution in [0.3, 0.4) is 0 Å². The third kappa shape index (κ3) is 8.17. The number of aliphatic hydroxyl groups is 1. The molecule has 2 heteroatoms. The Hall–Kier alpha value is 0.170. The van der Waals surface area contributed by atoms with Gasteiger partial charge in [0.1, 0.15) is 0 Å². The molecule has 0 aromatic carbocycles. The highest BCUT2D eigenvalue weighted by atomic mass is 127. The summed E-state index contributed by atoms with van der Waals surface area (Å²) >= 11 is 2.17. The van der Waals surface area contributed by atoms with Crippen LogP contribution in [0.2, 0.25) is 0 Å². The molecule has 0 aromatic rings. The van der Waals surface area contributed by atoms with Gasteiger partial charge in [0.05, 0.1) is 0 Å². The van der Waals surface area contributed by atoms with E-state index in [0.29, 0.717) is 0 Å². The summed E-state index contributed by atoms with van der Waals surface area (Å²) in [6.45, 7) is 0.290. The van der Waals surface area contributed by atoms with Crippen LogP contribution in [-0.4, -0.2) is 11.7 Å². The lowest BCUT2D eigenvalue weighted by atomic mass is 10.3. The van der Waals surface area contributed by atoms with E-state index in [-0.39, 0.29) is 6.61 Å². The van der Waals surface area contributed by atoms with Crippen molar-refractivity contribution in [3.05, 3.63) is 22.3 Å². The molecule has 1 N–H and O–H groups in total. The zero-order valence-corrected chi connectivity index (χ0v) is 7.41. The van der Waals surface area contributed by atoms with Gasteiger partial charge in [-0.1, -0.05) is 40.8 Å². The van der Waals surface area contributed by atoms with Gasteiger partial charge in [-0.25, -0.2) is 0 Å². The van der Waals surface area contributed by atoms with Gasteiger partial charge in [0.25, 0.3) is 0 Å². The Labute approximate surface area is 69.6 Å². The Morgan fingerprint density at radius 3 is 2.67 bits per heavy atom. The quantitative estimate of drug-likeness (QED) is 0.452. The van der Waals surface area contributed by atoms with Crippen molar-refractivity contribution in [1.82, 2.24) is 0 Å². The molecule has 0 saturated carbocycles. The van der Waals surface area contributed by atoms with Crippen LogP contribution in [0, 0.1) is 0 Å². The van der Waals surface area contributed by atoms with Crippen LogP contribution >= 0.6 is 22.6 Å². The highest BCUT2D eigenvalue weighted by Gasteiger charge is 1.75. The molecule has 52 valence electrons. The Morgan fingerprint density at radius 1 is 1.33 bits per heavy atom. The van der Waals surface area contributed by atoms with E-state index in [1.807, 2.05) is 22.3 Å². The Bertz CT molecular complexity index is 97.1. The largest absolute Gasteiger partial charge is 0.396 e. The number of hydrogen-bond acceptors (Lipinski definition) is 1. The van der Waals surface area contributed by atoms with Gasteiger partial charge < -0.3 is 5.11 Å². The third-order valence-corrected chi connectivity index (χ3v) is 1.26. The van der Waals surface area contributed by atoms with Crippen LogP contribution < -0.4 is 0 Å². The maximum Gasteiger partial charge on any atom is 0.0433 e. The number of halogens is 1. The van der Waals surface area contributed by atoms with Gasteiger partial charge >= 0.3 is 0 Å². The first-order chi connectivity index (χ1) is 4.41. The van der Waals surface area contributed by atoms with Crippen molar-refractivity contribution in [2.45, 2.75) is 12.8 Å². The van der Waals surface area contributed by atoms with E-state index in [1.54, 1.807) is 0 Å². The molecule has 0 radical (unpaired) electrons. The second-order valence-electron chi connectivity index (χ2n) is 1.61. The van der Waals surface area contributed by atoms with Crippen molar-refractivity contribution in [3.8, 4) is 0 Å². The molecule has 0 aliphatic carbocycles. The van der Waals surface area contributed by atoms with E-state index < -0.39 is 0 Å². The van der Waals surface area contributed by atoms with Crippen molar-refractivity contribution < 1.29 is 5.11 Å². The summed E-state index contributed by atoms with van der Waals surface area (Å²) in [6, 6.07) is 0. The van der Waals surface area contributed by atoms with Crippen molar-refractivity contribution in [2.24, 2.45) is 0 Å². The fourth-order valence-corrected chi connectivity index (χ4v) is 0.666. The Kier molecular flexibility index (Phi) is 8.32. The standard InChI is InChI=1S/C7H11IO/c8-6-4-2-1-3-5-7-9/h1-2,4,6,9H,3,5,7H2. The molecular weight excluding hydrogens is 227 g/mol. The number of rotatable bonds is 4. The van der Waals surface area contributed by atoms with E-state index >= 15 is 0 Å². The molecule has 9 heavy (non-hydrogen) atoms. The fourth-order valence-electron chi connectivity index (χ4n) is 0.426. The number of hydrogen-bond donors (Lipinski definition) is 1. The first kappa shape index (κ1) is 9.17. The van der Waals surface area contributed by atoms with Gasteiger partial charge in [0.15, 0.2) is 0 Å². The summed E-state index contributed by atoms with van der Waals surface area (Å²) in [5.41, 5.74) is 0. The number of allylic oxidation sites excluding steroid dienone is 3. The van der Waals surface area contributed by atoms with Gasteiger partial charge in [-0.05, 0) is 16.9 Å². The second kappa shape index (κ2) is 8.17. The minimum atomic E-state index is 0.290. The van der Waals surface area contributed by atoms with Crippen LogP contribution in [0.4, 0.5) is 0 Å². The lowest BCUT2D eigenvalue weighted by Gasteiger charge is -1.84. The molecule has 0 heterocycles. The molecule has 0 fully saturated rings. The van der Waals surface area contributed by atoms with Gasteiger partial charge in [-0.3, -0.25) is 0 Å². The molecule has 0 aliphatic heterocycles. The van der Waals surface area contributed by atoms with Gasteiger partial charge in [-0.2, -0.15) is 0 Å². The highest BCUT2D eigenvalue weighted by Crippen LogP contribution is 1.90. The monoisotopic (exact) mass is 238 g/mol. The fraction of sp³-hybridized carbons (Fsp3) is 0.429. The third-order valence-electron chi connectivity index (χ3n) is 0.849. The topological polar surface area (TPSA) is 20.2 Å². The molecule has 0 amide bonds. The predicted molar refractivity (Wildman–Crippen MR) is 48.6 cm³/mol. The summed E-state index contributed by atoms with van der Waals surface area (Å²) in [4.78, 5) is 0. The molecule has 0 aliphatic rings. The van der Waals surface area contributed by atoms with Crippen molar-refractivity contribution in [3.63, 3.8) is 0 Å². The molecule has 0 saturated heterocycles. The second-order valence-corrected chi connectivity index (χ2v) is 2.33. The number of unbranched alkanes of at least 4 members (excludes halogenated alkanes) is 1. The van der Waals surface area contributed by atoms with Crippen LogP contribution in [0.25, 0.3) is 0 Å². The molecular formula is C7H11IO. The van der Waals surface area contributed by atoms with Gasteiger partial charge in [-0.15, -0.1) is 0 Å². The molecule has 0 atom stereocenters. The predicted octanol–water partition coefficient (Wildman–Crippen LogP) is 2.26. The molecule has 0 spiro atoms. The van der Waals surface area contributed by atoms with E-state index in [9.17, 15) is 0 Å². The lowest BCUT2D eigenvalue weighted by molar-refractivity contribution is 0.289. The maximum absolute atomic E-state index is 8.37. The van der Waals surface area contributed by atoms with Crippen molar-refractivity contribution in [1.29, 1.82) is 0 Å². The summed E-state index contributed by atoms with van der Waals surface area (Å²) in [6.07, 6.45) is 7.84. The van der Waals surface area contributed by atoms with Crippen molar-refractivity contribution in [2.75, 3.05) is 6.61 Å². The van der Waals surface area contributed by atoms with E-state index in [2.05, 4.69) is 22.6 Å². The minimum absolute atomic E-state index is 0.290. The molecule has 0 unspecified atom stereocenters. The SMILES string of the molecule is OCCCC=CC=CI. The summed E-state index contributed by atoms with van der Waals surface area (Å²) in [7, 11) is 0. The average Bonchev–Trinajstić information content (AvgIpc) is 1.89. The first-order valence-corrected chi connectivity index (χ1v) is 4.19. The maximum atomic E-state index is 8.37. The van der Waals surface area contributed by atoms with Crippen LogP contribution in [-0.2, 0) is 0 Å². The van der Waals surface area contributed by atoms with E-state index in [1.165, 1.54) is 0 Å². The Morgan fingerprint density at radius 2 is 2.11 bits per heavy atom. The zero-order chi connectivity index (χ0) is 6.95.